The number of fused-ring (bicyclic) bond motifs is 1. The highest BCUT2D eigenvalue weighted by atomic mass is 32.2. The molecule has 0 amide bonds. The first-order valence-electron chi connectivity index (χ1n) is 7.41. The largest absolute Gasteiger partial charge is 0.493 e. The maximum absolute atomic E-state index is 10.3. The molecular formula is C16H22O3S. The first-order valence-corrected chi connectivity index (χ1v) is 8.63. The number of hydrogen-bond acceptors (Lipinski definition) is 4. The Morgan fingerprint density at radius 3 is 2.60 bits per heavy atom. The summed E-state index contributed by atoms with van der Waals surface area (Å²) in [6.07, 6.45) is 5.72. The van der Waals surface area contributed by atoms with Gasteiger partial charge in [-0.2, -0.15) is 0 Å². The van der Waals surface area contributed by atoms with Crippen LogP contribution >= 0.6 is 11.8 Å². The van der Waals surface area contributed by atoms with Crippen molar-refractivity contribution in [3.05, 3.63) is 23.3 Å². The van der Waals surface area contributed by atoms with Crippen molar-refractivity contribution in [1.29, 1.82) is 0 Å². The summed E-state index contributed by atoms with van der Waals surface area (Å²) in [5.41, 5.74) is 2.35. The topological polar surface area (TPSA) is 49.7 Å². The molecule has 2 atom stereocenters. The van der Waals surface area contributed by atoms with E-state index in [9.17, 15) is 10.2 Å². The molecule has 1 aromatic rings. The fraction of sp³-hybridized carbons (Fsp3) is 0.625. The van der Waals surface area contributed by atoms with Gasteiger partial charge >= 0.3 is 0 Å². The fourth-order valence-electron chi connectivity index (χ4n) is 3.50. The molecular weight excluding hydrogens is 272 g/mol. The van der Waals surface area contributed by atoms with E-state index < -0.39 is 12.2 Å². The van der Waals surface area contributed by atoms with Crippen LogP contribution in [0.3, 0.4) is 0 Å². The Kier molecular flexibility index (Phi) is 4.24. The summed E-state index contributed by atoms with van der Waals surface area (Å²) in [6.45, 7) is 0.787. The van der Waals surface area contributed by atoms with E-state index in [2.05, 4.69) is 6.26 Å². The Balaban J connectivity index is 2.04. The molecule has 1 aliphatic heterocycles. The van der Waals surface area contributed by atoms with E-state index in [0.717, 1.165) is 50.0 Å². The van der Waals surface area contributed by atoms with Crippen LogP contribution in [0.25, 0.3) is 0 Å². The summed E-state index contributed by atoms with van der Waals surface area (Å²) in [4.78, 5) is 1.20. The first kappa shape index (κ1) is 14.2. The van der Waals surface area contributed by atoms with Crippen LogP contribution in [0, 0.1) is 0 Å². The summed E-state index contributed by atoms with van der Waals surface area (Å²) >= 11 is 1.71. The minimum absolute atomic E-state index is 0.154. The molecule has 1 aliphatic carbocycles. The molecule has 2 N–H and O–H groups in total. The lowest BCUT2D eigenvalue weighted by Gasteiger charge is -2.35. The van der Waals surface area contributed by atoms with Gasteiger partial charge in [0.05, 0.1) is 18.8 Å². The maximum Gasteiger partial charge on any atom is 0.123 e. The highest BCUT2D eigenvalue weighted by Gasteiger charge is 2.34. The van der Waals surface area contributed by atoms with Gasteiger partial charge in [0.15, 0.2) is 0 Å². The van der Waals surface area contributed by atoms with Gasteiger partial charge in [0.25, 0.3) is 0 Å². The summed E-state index contributed by atoms with van der Waals surface area (Å²) in [5.74, 6) is 0.822. The maximum atomic E-state index is 10.3. The number of hydrogen-bond donors (Lipinski definition) is 2. The minimum Gasteiger partial charge on any atom is -0.493 e. The average molecular weight is 294 g/mol. The van der Waals surface area contributed by atoms with Crippen molar-refractivity contribution in [2.24, 2.45) is 0 Å². The Labute approximate surface area is 124 Å². The van der Waals surface area contributed by atoms with Crippen LogP contribution in [-0.4, -0.2) is 35.3 Å². The number of ether oxygens (including phenoxy) is 1. The predicted octanol–water partition coefficient (Wildman–Crippen LogP) is 2.72. The Hall–Kier alpha value is -0.710. The lowest BCUT2D eigenvalue weighted by Crippen LogP contribution is -2.34. The van der Waals surface area contributed by atoms with Crippen molar-refractivity contribution >= 4 is 11.8 Å². The van der Waals surface area contributed by atoms with Crippen molar-refractivity contribution in [2.45, 2.75) is 55.1 Å². The van der Waals surface area contributed by atoms with Crippen molar-refractivity contribution in [2.75, 3.05) is 12.9 Å². The van der Waals surface area contributed by atoms with E-state index in [1.807, 2.05) is 12.1 Å². The van der Waals surface area contributed by atoms with Crippen LogP contribution in [0.2, 0.25) is 0 Å². The second-order valence-corrected chi connectivity index (χ2v) is 6.52. The highest BCUT2D eigenvalue weighted by molar-refractivity contribution is 7.98. The summed E-state index contributed by atoms with van der Waals surface area (Å²) < 4.78 is 5.72. The predicted molar refractivity (Wildman–Crippen MR) is 80.6 cm³/mol. The molecule has 1 aromatic carbocycles. The fourth-order valence-corrected chi connectivity index (χ4v) is 4.39. The van der Waals surface area contributed by atoms with Gasteiger partial charge in [-0.3, -0.25) is 0 Å². The van der Waals surface area contributed by atoms with E-state index in [4.69, 9.17) is 4.74 Å². The molecule has 4 heteroatoms. The molecule has 0 saturated heterocycles. The smallest absolute Gasteiger partial charge is 0.123 e. The highest BCUT2D eigenvalue weighted by Crippen LogP contribution is 2.43. The van der Waals surface area contributed by atoms with Crippen LogP contribution in [-0.2, 0) is 6.42 Å². The molecule has 20 heavy (non-hydrogen) atoms. The number of benzene rings is 1. The average Bonchev–Trinajstić information content (AvgIpc) is 2.46. The SMILES string of the molecule is CSc1c(C2C(O)CCCC2O)ccc2c1CCCO2. The molecule has 110 valence electrons. The number of aliphatic hydroxyl groups excluding tert-OH is 2. The van der Waals surface area contributed by atoms with Gasteiger partial charge in [-0.05, 0) is 50.0 Å². The molecule has 3 nitrogen and oxygen atoms in total. The summed E-state index contributed by atoms with van der Waals surface area (Å²) in [5, 5.41) is 20.6. The Morgan fingerprint density at radius 1 is 1.15 bits per heavy atom. The number of rotatable bonds is 2. The van der Waals surface area contributed by atoms with E-state index >= 15 is 0 Å². The lowest BCUT2D eigenvalue weighted by atomic mass is 9.78. The van der Waals surface area contributed by atoms with E-state index in [-0.39, 0.29) is 5.92 Å². The van der Waals surface area contributed by atoms with Gasteiger partial charge in [0.1, 0.15) is 5.75 Å². The Bertz CT molecular complexity index is 479. The third-order valence-corrected chi connectivity index (χ3v) is 5.36. The lowest BCUT2D eigenvalue weighted by molar-refractivity contribution is 0.0133. The first-order chi connectivity index (χ1) is 9.72. The monoisotopic (exact) mass is 294 g/mol. The van der Waals surface area contributed by atoms with E-state index in [1.54, 1.807) is 11.8 Å². The van der Waals surface area contributed by atoms with Crippen molar-refractivity contribution < 1.29 is 14.9 Å². The van der Waals surface area contributed by atoms with Gasteiger partial charge in [-0.15, -0.1) is 11.8 Å². The van der Waals surface area contributed by atoms with Gasteiger partial charge in [0, 0.05) is 16.4 Å². The van der Waals surface area contributed by atoms with Crippen molar-refractivity contribution in [1.82, 2.24) is 0 Å². The molecule has 1 fully saturated rings. The van der Waals surface area contributed by atoms with Crippen LogP contribution in [0.4, 0.5) is 0 Å². The number of aliphatic hydroxyl groups is 2. The molecule has 2 unspecified atom stereocenters. The second kappa shape index (κ2) is 5.96. The number of thioether (sulfide) groups is 1. The summed E-state index contributed by atoms with van der Waals surface area (Å²) in [6, 6.07) is 4.05. The molecule has 3 rings (SSSR count). The zero-order chi connectivity index (χ0) is 14.1. The van der Waals surface area contributed by atoms with E-state index in [1.165, 1.54) is 10.5 Å². The van der Waals surface area contributed by atoms with Crippen LogP contribution < -0.4 is 4.74 Å². The van der Waals surface area contributed by atoms with Gasteiger partial charge < -0.3 is 14.9 Å². The normalized spacial score (nSPS) is 29.6. The third kappa shape index (κ3) is 2.45. The van der Waals surface area contributed by atoms with Crippen molar-refractivity contribution in [3.8, 4) is 5.75 Å². The molecule has 2 aliphatic rings. The molecule has 0 bridgehead atoms. The molecule has 0 aromatic heterocycles. The minimum atomic E-state index is -0.438. The van der Waals surface area contributed by atoms with Gasteiger partial charge in [-0.25, -0.2) is 0 Å². The van der Waals surface area contributed by atoms with Crippen molar-refractivity contribution in [3.63, 3.8) is 0 Å². The van der Waals surface area contributed by atoms with Crippen LogP contribution in [0.1, 0.15) is 42.7 Å². The van der Waals surface area contributed by atoms with Crippen LogP contribution in [0.15, 0.2) is 17.0 Å². The zero-order valence-electron chi connectivity index (χ0n) is 11.8. The standard InChI is InChI=1S/C16H22O3S/c1-20-16-10-4-3-9-19-14(10)8-7-11(16)15-12(17)5-2-6-13(15)18/h7-8,12-13,15,17-18H,2-6,9H2,1H3. The molecule has 1 saturated carbocycles. The molecule has 0 spiro atoms. The quantitative estimate of drug-likeness (QED) is 0.824. The van der Waals surface area contributed by atoms with Gasteiger partial charge in [0.2, 0.25) is 0 Å². The molecule has 0 radical (unpaired) electrons. The zero-order valence-corrected chi connectivity index (χ0v) is 12.7. The summed E-state index contributed by atoms with van der Waals surface area (Å²) in [7, 11) is 0. The van der Waals surface area contributed by atoms with Gasteiger partial charge in [-0.1, -0.05) is 6.07 Å². The van der Waals surface area contributed by atoms with E-state index in [0.29, 0.717) is 0 Å². The molecule has 1 heterocycles. The second-order valence-electron chi connectivity index (χ2n) is 5.71. The van der Waals surface area contributed by atoms with Crippen LogP contribution in [0.5, 0.6) is 5.75 Å². The third-order valence-electron chi connectivity index (χ3n) is 4.47. The Morgan fingerprint density at radius 2 is 1.90 bits per heavy atom.